The predicted octanol–water partition coefficient (Wildman–Crippen LogP) is 3.05. The van der Waals surface area contributed by atoms with Crippen LogP contribution in [0, 0.1) is 5.82 Å². The van der Waals surface area contributed by atoms with Crippen molar-refractivity contribution in [1.82, 2.24) is 0 Å². The number of benzene rings is 1. The van der Waals surface area contributed by atoms with Gasteiger partial charge in [-0.1, -0.05) is 18.5 Å². The summed E-state index contributed by atoms with van der Waals surface area (Å²) in [6, 6.07) is 3.75. The largest absolute Gasteiger partial charge is 0.462 e. The van der Waals surface area contributed by atoms with E-state index in [9.17, 15) is 9.18 Å². The summed E-state index contributed by atoms with van der Waals surface area (Å²) < 4.78 is 17.6. The first-order valence-electron chi connectivity index (χ1n) is 4.27. The first kappa shape index (κ1) is 11.0. The van der Waals surface area contributed by atoms with Gasteiger partial charge in [0, 0.05) is 0 Å². The number of esters is 1. The van der Waals surface area contributed by atoms with E-state index in [2.05, 4.69) is 0 Å². The van der Waals surface area contributed by atoms with Crippen LogP contribution in [0.4, 0.5) is 4.39 Å². The fourth-order valence-electron chi connectivity index (χ4n) is 0.901. The molecule has 0 fully saturated rings. The SMILES string of the molecule is CCCOC(=O)c1ccc(F)c(Cl)c1. The Kier molecular flexibility index (Phi) is 3.89. The molecule has 0 bridgehead atoms. The number of rotatable bonds is 3. The molecule has 14 heavy (non-hydrogen) atoms. The lowest BCUT2D eigenvalue weighted by Gasteiger charge is -2.03. The summed E-state index contributed by atoms with van der Waals surface area (Å²) in [7, 11) is 0. The number of hydrogen-bond donors (Lipinski definition) is 0. The van der Waals surface area contributed by atoms with Crippen molar-refractivity contribution in [3.63, 3.8) is 0 Å². The van der Waals surface area contributed by atoms with E-state index in [0.29, 0.717) is 6.61 Å². The van der Waals surface area contributed by atoms with Crippen LogP contribution in [0.15, 0.2) is 18.2 Å². The maximum absolute atomic E-state index is 12.7. The van der Waals surface area contributed by atoms with E-state index in [0.717, 1.165) is 12.5 Å². The van der Waals surface area contributed by atoms with Crippen LogP contribution < -0.4 is 0 Å². The molecule has 0 N–H and O–H groups in total. The molecule has 0 unspecified atom stereocenters. The summed E-state index contributed by atoms with van der Waals surface area (Å²) in [4.78, 5) is 11.3. The summed E-state index contributed by atoms with van der Waals surface area (Å²) in [5.74, 6) is -1.02. The normalized spacial score (nSPS) is 9.93. The lowest BCUT2D eigenvalue weighted by Crippen LogP contribution is -2.05. The monoisotopic (exact) mass is 216 g/mol. The average Bonchev–Trinajstić information content (AvgIpc) is 2.18. The Hall–Kier alpha value is -1.09. The third-order valence-corrected chi connectivity index (χ3v) is 1.88. The second kappa shape index (κ2) is 4.96. The molecule has 0 saturated heterocycles. The van der Waals surface area contributed by atoms with Gasteiger partial charge in [-0.25, -0.2) is 9.18 Å². The van der Waals surface area contributed by atoms with Crippen LogP contribution in [0.25, 0.3) is 0 Å². The average molecular weight is 217 g/mol. The Morgan fingerprint density at radius 1 is 1.57 bits per heavy atom. The third-order valence-electron chi connectivity index (χ3n) is 1.59. The third kappa shape index (κ3) is 2.70. The van der Waals surface area contributed by atoms with Gasteiger partial charge in [0.2, 0.25) is 0 Å². The van der Waals surface area contributed by atoms with Crippen LogP contribution in [-0.4, -0.2) is 12.6 Å². The molecule has 1 rings (SSSR count). The van der Waals surface area contributed by atoms with Crippen molar-refractivity contribution in [3.05, 3.63) is 34.6 Å². The molecule has 0 heterocycles. The molecule has 0 aliphatic carbocycles. The van der Waals surface area contributed by atoms with Crippen LogP contribution in [-0.2, 0) is 4.74 Å². The van der Waals surface area contributed by atoms with Crippen molar-refractivity contribution in [3.8, 4) is 0 Å². The molecule has 0 spiro atoms. The summed E-state index contributed by atoms with van der Waals surface area (Å²) in [5.41, 5.74) is 0.268. The Morgan fingerprint density at radius 2 is 2.29 bits per heavy atom. The summed E-state index contributed by atoms with van der Waals surface area (Å²) in [5, 5.41) is -0.0732. The van der Waals surface area contributed by atoms with Crippen molar-refractivity contribution in [2.45, 2.75) is 13.3 Å². The number of halogens is 2. The van der Waals surface area contributed by atoms with Crippen molar-refractivity contribution in [2.24, 2.45) is 0 Å². The van der Waals surface area contributed by atoms with Gasteiger partial charge in [0.25, 0.3) is 0 Å². The minimum Gasteiger partial charge on any atom is -0.462 e. The van der Waals surface area contributed by atoms with Gasteiger partial charge in [-0.05, 0) is 24.6 Å². The summed E-state index contributed by atoms with van der Waals surface area (Å²) in [6.45, 7) is 2.25. The highest BCUT2D eigenvalue weighted by Gasteiger charge is 2.09. The Morgan fingerprint density at radius 3 is 2.86 bits per heavy atom. The van der Waals surface area contributed by atoms with E-state index in [-0.39, 0.29) is 10.6 Å². The van der Waals surface area contributed by atoms with Gasteiger partial charge in [-0.2, -0.15) is 0 Å². The molecule has 1 aromatic rings. The van der Waals surface area contributed by atoms with Gasteiger partial charge >= 0.3 is 5.97 Å². The molecule has 2 nitrogen and oxygen atoms in total. The van der Waals surface area contributed by atoms with Gasteiger partial charge in [-0.3, -0.25) is 0 Å². The highest BCUT2D eigenvalue weighted by molar-refractivity contribution is 6.31. The lowest BCUT2D eigenvalue weighted by molar-refractivity contribution is 0.0505. The number of ether oxygens (including phenoxy) is 1. The highest BCUT2D eigenvalue weighted by Crippen LogP contribution is 2.16. The van der Waals surface area contributed by atoms with Crippen LogP contribution in [0.3, 0.4) is 0 Å². The maximum atomic E-state index is 12.7. The molecule has 1 aromatic carbocycles. The van der Waals surface area contributed by atoms with Crippen molar-refractivity contribution >= 4 is 17.6 Å². The standard InChI is InChI=1S/C10H10ClFO2/c1-2-5-14-10(13)7-3-4-9(12)8(11)6-7/h3-4,6H,2,5H2,1H3. The fourth-order valence-corrected chi connectivity index (χ4v) is 1.08. The van der Waals surface area contributed by atoms with Gasteiger partial charge < -0.3 is 4.74 Å². The van der Waals surface area contributed by atoms with Gasteiger partial charge in [0.05, 0.1) is 17.2 Å². The van der Waals surface area contributed by atoms with Gasteiger partial charge in [0.15, 0.2) is 0 Å². The maximum Gasteiger partial charge on any atom is 0.338 e. The van der Waals surface area contributed by atoms with Crippen LogP contribution in [0.5, 0.6) is 0 Å². The second-order valence-corrected chi connectivity index (χ2v) is 3.17. The zero-order valence-corrected chi connectivity index (χ0v) is 8.47. The minimum absolute atomic E-state index is 0.0732. The Bertz CT molecular complexity index is 339. The zero-order valence-electron chi connectivity index (χ0n) is 7.72. The molecule has 0 aromatic heterocycles. The van der Waals surface area contributed by atoms with Crippen LogP contribution >= 0.6 is 11.6 Å². The molecular formula is C10H10ClFO2. The lowest BCUT2D eigenvalue weighted by atomic mass is 10.2. The van der Waals surface area contributed by atoms with E-state index >= 15 is 0 Å². The number of carbonyl (C=O) groups excluding carboxylic acids is 1. The molecule has 0 saturated carbocycles. The van der Waals surface area contributed by atoms with Gasteiger partial charge in [0.1, 0.15) is 5.82 Å². The first-order valence-corrected chi connectivity index (χ1v) is 4.65. The summed E-state index contributed by atoms with van der Waals surface area (Å²) >= 11 is 5.51. The minimum atomic E-state index is -0.543. The summed E-state index contributed by atoms with van der Waals surface area (Å²) in [6.07, 6.45) is 0.751. The zero-order chi connectivity index (χ0) is 10.6. The molecule has 0 radical (unpaired) electrons. The van der Waals surface area contributed by atoms with E-state index < -0.39 is 11.8 Å². The van der Waals surface area contributed by atoms with E-state index in [1.807, 2.05) is 6.92 Å². The van der Waals surface area contributed by atoms with Crippen LogP contribution in [0.2, 0.25) is 5.02 Å². The van der Waals surface area contributed by atoms with E-state index in [4.69, 9.17) is 16.3 Å². The van der Waals surface area contributed by atoms with E-state index in [1.165, 1.54) is 12.1 Å². The Labute approximate surface area is 86.6 Å². The molecule has 76 valence electrons. The second-order valence-electron chi connectivity index (χ2n) is 2.76. The smallest absolute Gasteiger partial charge is 0.338 e. The number of hydrogen-bond acceptors (Lipinski definition) is 2. The van der Waals surface area contributed by atoms with Crippen molar-refractivity contribution in [1.29, 1.82) is 0 Å². The molecular weight excluding hydrogens is 207 g/mol. The Balaban J connectivity index is 2.76. The molecule has 0 amide bonds. The molecule has 0 aliphatic heterocycles. The topological polar surface area (TPSA) is 26.3 Å². The molecule has 0 atom stereocenters. The molecule has 0 aliphatic rings. The van der Waals surface area contributed by atoms with Gasteiger partial charge in [-0.15, -0.1) is 0 Å². The molecule has 4 heteroatoms. The van der Waals surface area contributed by atoms with Crippen LogP contribution in [0.1, 0.15) is 23.7 Å². The van der Waals surface area contributed by atoms with Crippen molar-refractivity contribution in [2.75, 3.05) is 6.61 Å². The number of carbonyl (C=O) groups is 1. The predicted molar refractivity (Wildman–Crippen MR) is 52.0 cm³/mol. The van der Waals surface area contributed by atoms with E-state index in [1.54, 1.807) is 0 Å². The highest BCUT2D eigenvalue weighted by atomic mass is 35.5. The fraction of sp³-hybridized carbons (Fsp3) is 0.300. The quantitative estimate of drug-likeness (QED) is 0.726. The van der Waals surface area contributed by atoms with Crippen molar-refractivity contribution < 1.29 is 13.9 Å². The first-order chi connectivity index (χ1) is 6.65.